The highest BCUT2D eigenvalue weighted by molar-refractivity contribution is 7.89. The lowest BCUT2D eigenvalue weighted by atomic mass is 10.2. The van der Waals surface area contributed by atoms with Crippen molar-refractivity contribution in [3.05, 3.63) is 28.8 Å². The fourth-order valence-corrected chi connectivity index (χ4v) is 2.82. The van der Waals surface area contributed by atoms with Crippen LogP contribution in [0.4, 0.5) is 13.2 Å². The third-order valence-electron chi connectivity index (χ3n) is 2.45. The first-order valence-corrected chi connectivity index (χ1v) is 7.59. The average Bonchev–Trinajstić information content (AvgIpc) is 2.37. The molecule has 0 aliphatic rings. The van der Waals surface area contributed by atoms with Gasteiger partial charge in [0.1, 0.15) is 5.75 Å². The van der Waals surface area contributed by atoms with E-state index in [0.717, 1.165) is 16.4 Å². The highest BCUT2D eigenvalue weighted by atomic mass is 35.5. The zero-order valence-electron chi connectivity index (χ0n) is 11.8. The van der Waals surface area contributed by atoms with Crippen LogP contribution in [0.2, 0.25) is 5.02 Å². The van der Waals surface area contributed by atoms with Gasteiger partial charge in [0, 0.05) is 20.2 Å². The van der Waals surface area contributed by atoms with Crippen molar-refractivity contribution in [3.8, 4) is 5.75 Å². The number of rotatable bonds is 5. The molecule has 0 saturated heterocycles. The highest BCUT2D eigenvalue weighted by Gasteiger charge is 2.33. The number of nitrogens with zero attached hydrogens (tertiary/aromatic N) is 1. The van der Waals surface area contributed by atoms with Gasteiger partial charge in [-0.2, -0.15) is 0 Å². The number of sulfonamides is 1. The molecule has 0 fully saturated rings. The van der Waals surface area contributed by atoms with Gasteiger partial charge in [-0.25, -0.2) is 17.5 Å². The van der Waals surface area contributed by atoms with Gasteiger partial charge in [0.25, 0.3) is 0 Å². The van der Waals surface area contributed by atoms with E-state index >= 15 is 0 Å². The minimum absolute atomic E-state index is 0.315. The summed E-state index contributed by atoms with van der Waals surface area (Å²) in [5, 5.41) is 8.02. The predicted octanol–water partition coefficient (Wildman–Crippen LogP) is 2.59. The second-order valence-corrected chi connectivity index (χ2v) is 6.85. The minimum Gasteiger partial charge on any atom is -0.478 e. The Bertz CT molecular complexity index is 744. The van der Waals surface area contributed by atoms with Gasteiger partial charge in [-0.15, -0.1) is 13.2 Å². The van der Waals surface area contributed by atoms with Gasteiger partial charge < -0.3 is 9.84 Å². The summed E-state index contributed by atoms with van der Waals surface area (Å²) in [5.41, 5.74) is -0.315. The lowest BCUT2D eigenvalue weighted by Crippen LogP contribution is -2.23. The number of hydrogen-bond acceptors (Lipinski definition) is 4. The van der Waals surface area contributed by atoms with Crippen LogP contribution in [0.5, 0.6) is 5.75 Å². The van der Waals surface area contributed by atoms with Crippen LogP contribution in [0.15, 0.2) is 23.1 Å². The van der Waals surface area contributed by atoms with Crippen molar-refractivity contribution in [2.75, 3.05) is 14.1 Å². The smallest absolute Gasteiger partial charge is 0.478 e. The molecule has 1 aromatic carbocycles. The number of hydrogen-bond donors (Lipinski definition) is 1. The zero-order chi connectivity index (χ0) is 18.0. The second-order valence-electron chi connectivity index (χ2n) is 4.33. The molecule has 0 bridgehead atoms. The van der Waals surface area contributed by atoms with Crippen molar-refractivity contribution < 1.29 is 36.2 Å². The van der Waals surface area contributed by atoms with Crippen LogP contribution >= 0.6 is 11.6 Å². The molecule has 0 aliphatic carbocycles. The largest absolute Gasteiger partial charge is 0.573 e. The van der Waals surface area contributed by atoms with Crippen molar-refractivity contribution in [3.63, 3.8) is 0 Å². The van der Waals surface area contributed by atoms with Crippen molar-refractivity contribution >= 4 is 33.7 Å². The Balaban J connectivity index is 3.58. The molecule has 0 atom stereocenters. The van der Waals surface area contributed by atoms with E-state index in [2.05, 4.69) is 4.74 Å². The summed E-state index contributed by atoms with van der Waals surface area (Å²) < 4.78 is 65.8. The Morgan fingerprint density at radius 2 is 1.91 bits per heavy atom. The minimum atomic E-state index is -5.04. The van der Waals surface area contributed by atoms with E-state index in [9.17, 15) is 26.4 Å². The molecule has 0 unspecified atom stereocenters. The molecule has 0 radical (unpaired) electrons. The zero-order valence-corrected chi connectivity index (χ0v) is 13.3. The topological polar surface area (TPSA) is 83.9 Å². The van der Waals surface area contributed by atoms with Gasteiger partial charge in [-0.05, 0) is 23.8 Å². The first kappa shape index (κ1) is 19.3. The number of benzene rings is 1. The predicted molar refractivity (Wildman–Crippen MR) is 75.7 cm³/mol. The fraction of sp³-hybridized carbons (Fsp3) is 0.250. The lowest BCUT2D eigenvalue weighted by molar-refractivity contribution is -0.274. The van der Waals surface area contributed by atoms with Crippen LogP contribution in [0, 0.1) is 0 Å². The molecule has 0 amide bonds. The summed E-state index contributed by atoms with van der Waals surface area (Å²) in [4.78, 5) is 10.1. The molecule has 1 rings (SSSR count). The third-order valence-corrected chi connectivity index (χ3v) is 4.62. The molecule has 0 aliphatic heterocycles. The number of carboxylic acid groups (broad SMARTS) is 1. The Labute approximate surface area is 134 Å². The Hall–Kier alpha value is -1.78. The molecule has 0 saturated carbocycles. The highest BCUT2D eigenvalue weighted by Crippen LogP contribution is 2.35. The van der Waals surface area contributed by atoms with Crippen LogP contribution in [-0.4, -0.2) is 44.3 Å². The normalized spacial score (nSPS) is 12.8. The van der Waals surface area contributed by atoms with E-state index in [1.54, 1.807) is 0 Å². The summed E-state index contributed by atoms with van der Waals surface area (Å²) in [6.07, 6.45) is -3.63. The van der Waals surface area contributed by atoms with Gasteiger partial charge in [0.2, 0.25) is 10.0 Å². The van der Waals surface area contributed by atoms with Gasteiger partial charge in [-0.3, -0.25) is 0 Å². The summed E-state index contributed by atoms with van der Waals surface area (Å²) >= 11 is 5.63. The Morgan fingerprint density at radius 1 is 1.35 bits per heavy atom. The summed E-state index contributed by atoms with van der Waals surface area (Å²) in [6.45, 7) is 0. The number of aliphatic carboxylic acids is 1. The van der Waals surface area contributed by atoms with E-state index < -0.39 is 38.0 Å². The molecule has 0 heterocycles. The number of carbonyl (C=O) groups is 1. The SMILES string of the molecule is CN(C)S(=O)(=O)c1cc(Cl)c(OC(F)(F)F)cc1C=CC(=O)O. The van der Waals surface area contributed by atoms with Gasteiger partial charge >= 0.3 is 12.3 Å². The maximum Gasteiger partial charge on any atom is 0.573 e. The number of carboxylic acids is 1. The fourth-order valence-electron chi connectivity index (χ4n) is 1.47. The monoisotopic (exact) mass is 373 g/mol. The Kier molecular flexibility index (Phi) is 5.67. The maximum atomic E-state index is 12.3. The van der Waals surface area contributed by atoms with Crippen LogP contribution in [0.1, 0.15) is 5.56 Å². The first-order chi connectivity index (χ1) is 10.3. The summed E-state index contributed by atoms with van der Waals surface area (Å²) in [7, 11) is -1.67. The summed E-state index contributed by atoms with van der Waals surface area (Å²) in [5.74, 6) is -2.26. The van der Waals surface area contributed by atoms with Crippen LogP contribution in [0.3, 0.4) is 0 Å². The van der Waals surface area contributed by atoms with E-state index in [-0.39, 0.29) is 5.56 Å². The van der Waals surface area contributed by atoms with Crippen molar-refractivity contribution in [1.82, 2.24) is 4.31 Å². The van der Waals surface area contributed by atoms with E-state index in [0.29, 0.717) is 12.1 Å². The molecule has 0 aromatic heterocycles. The standard InChI is InChI=1S/C12H11ClF3NO5S/c1-17(2)23(20,21)10-6-8(13)9(22-12(14,15)16)5-7(10)3-4-11(18)19/h3-6H,1-2H3,(H,18,19). The van der Waals surface area contributed by atoms with Gasteiger partial charge in [0.15, 0.2) is 0 Å². The van der Waals surface area contributed by atoms with Crippen LogP contribution < -0.4 is 4.74 Å². The molecular weight excluding hydrogens is 363 g/mol. The second kappa shape index (κ2) is 6.77. The van der Waals surface area contributed by atoms with Crippen molar-refractivity contribution in [2.45, 2.75) is 11.3 Å². The molecule has 1 aromatic rings. The summed E-state index contributed by atoms with van der Waals surface area (Å²) in [6, 6.07) is 1.46. The molecule has 23 heavy (non-hydrogen) atoms. The van der Waals surface area contributed by atoms with Gasteiger partial charge in [-0.1, -0.05) is 11.6 Å². The van der Waals surface area contributed by atoms with E-state index in [4.69, 9.17) is 16.7 Å². The van der Waals surface area contributed by atoms with Crippen LogP contribution in [-0.2, 0) is 14.8 Å². The number of alkyl halides is 3. The van der Waals surface area contributed by atoms with Crippen molar-refractivity contribution in [2.24, 2.45) is 0 Å². The first-order valence-electron chi connectivity index (χ1n) is 5.77. The maximum absolute atomic E-state index is 12.3. The van der Waals surface area contributed by atoms with E-state index in [1.165, 1.54) is 14.1 Å². The molecule has 128 valence electrons. The molecule has 0 spiro atoms. The number of halogens is 4. The van der Waals surface area contributed by atoms with Crippen LogP contribution in [0.25, 0.3) is 6.08 Å². The quantitative estimate of drug-likeness (QED) is 0.802. The average molecular weight is 374 g/mol. The van der Waals surface area contributed by atoms with Crippen molar-refractivity contribution in [1.29, 1.82) is 0 Å². The lowest BCUT2D eigenvalue weighted by Gasteiger charge is -2.16. The number of ether oxygens (including phenoxy) is 1. The third kappa shape index (κ3) is 5.12. The molecule has 1 N–H and O–H groups in total. The Morgan fingerprint density at radius 3 is 2.35 bits per heavy atom. The molecular formula is C12H11ClF3NO5S. The molecule has 11 heteroatoms. The van der Waals surface area contributed by atoms with Gasteiger partial charge in [0.05, 0.1) is 9.92 Å². The van der Waals surface area contributed by atoms with E-state index in [1.807, 2.05) is 0 Å². The molecule has 6 nitrogen and oxygen atoms in total.